The summed E-state index contributed by atoms with van der Waals surface area (Å²) >= 11 is 0. The van der Waals surface area contributed by atoms with E-state index in [-0.39, 0.29) is 11.8 Å². The number of hydrogen-bond donors (Lipinski definition) is 2. The van der Waals surface area contributed by atoms with Gasteiger partial charge in [0.1, 0.15) is 0 Å². The number of hydrogen-bond acceptors (Lipinski definition) is 2. The summed E-state index contributed by atoms with van der Waals surface area (Å²) in [5.41, 5.74) is 10.2. The zero-order chi connectivity index (χ0) is 10.7. The maximum absolute atomic E-state index is 11.5. The molecule has 14 heavy (non-hydrogen) atoms. The van der Waals surface area contributed by atoms with Gasteiger partial charge < -0.3 is 5.73 Å². The smallest absolute Gasteiger partial charge is 0.242 e. The van der Waals surface area contributed by atoms with E-state index >= 15 is 0 Å². The molecule has 1 rings (SSSR count). The average Bonchev–Trinajstić information content (AvgIpc) is 2.48. The van der Waals surface area contributed by atoms with Crippen molar-refractivity contribution in [3.05, 3.63) is 23.5 Å². The predicted octanol–water partition coefficient (Wildman–Crippen LogP) is 0.770. The van der Waals surface area contributed by atoms with Gasteiger partial charge in [0.05, 0.1) is 0 Å². The van der Waals surface area contributed by atoms with Gasteiger partial charge in [0, 0.05) is 23.9 Å². The second kappa shape index (κ2) is 4.28. The molecule has 0 fully saturated rings. The zero-order valence-corrected chi connectivity index (χ0v) is 8.87. The van der Waals surface area contributed by atoms with E-state index in [4.69, 9.17) is 5.73 Å². The SMILES string of the molecule is Cc1ccc(C)n1NC(=O)C(C)CN. The number of aryl methyl sites for hydroxylation is 2. The van der Waals surface area contributed by atoms with Crippen LogP contribution >= 0.6 is 0 Å². The third kappa shape index (κ3) is 2.14. The second-order valence-electron chi connectivity index (χ2n) is 3.56. The molecule has 0 spiro atoms. The number of nitrogens with one attached hydrogen (secondary N) is 1. The Morgan fingerprint density at radius 1 is 1.50 bits per heavy atom. The van der Waals surface area contributed by atoms with Crippen LogP contribution in [0.4, 0.5) is 0 Å². The van der Waals surface area contributed by atoms with E-state index in [2.05, 4.69) is 5.43 Å². The van der Waals surface area contributed by atoms with Crippen molar-refractivity contribution in [2.75, 3.05) is 12.0 Å². The highest BCUT2D eigenvalue weighted by Gasteiger charge is 2.12. The maximum Gasteiger partial charge on any atom is 0.242 e. The normalized spacial score (nSPS) is 12.6. The van der Waals surface area contributed by atoms with Crippen molar-refractivity contribution in [2.24, 2.45) is 11.7 Å². The fourth-order valence-corrected chi connectivity index (χ4v) is 1.17. The number of aromatic nitrogens is 1. The summed E-state index contributed by atoms with van der Waals surface area (Å²) in [6.45, 7) is 6.06. The van der Waals surface area contributed by atoms with Crippen molar-refractivity contribution in [1.29, 1.82) is 0 Å². The number of carbonyl (C=O) groups excluding carboxylic acids is 1. The highest BCUT2D eigenvalue weighted by molar-refractivity contribution is 5.86. The molecule has 1 heterocycles. The van der Waals surface area contributed by atoms with Gasteiger partial charge in [0.15, 0.2) is 0 Å². The first-order chi connectivity index (χ1) is 6.56. The van der Waals surface area contributed by atoms with Gasteiger partial charge in [-0.2, -0.15) is 0 Å². The van der Waals surface area contributed by atoms with Crippen LogP contribution in [-0.2, 0) is 4.79 Å². The Labute approximate surface area is 84.1 Å². The molecular formula is C10H17N3O. The standard InChI is InChI=1S/C10H17N3O/c1-7(6-11)10(14)12-13-8(2)4-5-9(13)3/h4-5,7H,6,11H2,1-3H3,(H,12,14). The third-order valence-corrected chi connectivity index (χ3v) is 2.29. The van der Waals surface area contributed by atoms with Gasteiger partial charge in [0.2, 0.25) is 5.91 Å². The number of carbonyl (C=O) groups is 1. The summed E-state index contributed by atoms with van der Waals surface area (Å²) in [6.07, 6.45) is 0. The number of amides is 1. The van der Waals surface area contributed by atoms with E-state index < -0.39 is 0 Å². The molecule has 1 aromatic heterocycles. The van der Waals surface area contributed by atoms with Crippen LogP contribution in [0.5, 0.6) is 0 Å². The maximum atomic E-state index is 11.5. The minimum Gasteiger partial charge on any atom is -0.330 e. The van der Waals surface area contributed by atoms with Crippen molar-refractivity contribution < 1.29 is 4.79 Å². The Hall–Kier alpha value is -1.29. The molecule has 1 unspecified atom stereocenters. The molecule has 0 bridgehead atoms. The molecule has 4 heteroatoms. The number of nitrogens with zero attached hydrogens (tertiary/aromatic N) is 1. The van der Waals surface area contributed by atoms with Crippen molar-refractivity contribution >= 4 is 5.91 Å². The molecule has 4 nitrogen and oxygen atoms in total. The Kier molecular flexibility index (Phi) is 3.30. The van der Waals surface area contributed by atoms with E-state index in [1.165, 1.54) is 0 Å². The van der Waals surface area contributed by atoms with Crippen LogP contribution in [0.2, 0.25) is 0 Å². The molecular weight excluding hydrogens is 178 g/mol. The van der Waals surface area contributed by atoms with Crippen LogP contribution in [0.25, 0.3) is 0 Å². The molecule has 78 valence electrons. The molecule has 0 aliphatic heterocycles. The monoisotopic (exact) mass is 195 g/mol. The molecule has 0 aliphatic carbocycles. The number of rotatable bonds is 3. The quantitative estimate of drug-likeness (QED) is 0.748. The summed E-state index contributed by atoms with van der Waals surface area (Å²) in [6, 6.07) is 3.92. The van der Waals surface area contributed by atoms with Crippen LogP contribution in [0.15, 0.2) is 12.1 Å². The summed E-state index contributed by atoms with van der Waals surface area (Å²) < 4.78 is 1.77. The highest BCUT2D eigenvalue weighted by Crippen LogP contribution is 2.05. The average molecular weight is 195 g/mol. The van der Waals surface area contributed by atoms with E-state index in [1.54, 1.807) is 4.68 Å². The van der Waals surface area contributed by atoms with Gasteiger partial charge in [0.25, 0.3) is 0 Å². The largest absolute Gasteiger partial charge is 0.330 e. The summed E-state index contributed by atoms with van der Waals surface area (Å²) in [5, 5.41) is 0. The molecule has 1 amide bonds. The van der Waals surface area contributed by atoms with Crippen molar-refractivity contribution in [2.45, 2.75) is 20.8 Å². The first-order valence-electron chi connectivity index (χ1n) is 4.72. The molecule has 1 aromatic rings. The first-order valence-corrected chi connectivity index (χ1v) is 4.72. The van der Waals surface area contributed by atoms with Gasteiger partial charge in [-0.25, -0.2) is 0 Å². The van der Waals surface area contributed by atoms with Crippen LogP contribution in [0, 0.1) is 19.8 Å². The molecule has 0 saturated carbocycles. The molecule has 0 saturated heterocycles. The van der Waals surface area contributed by atoms with Crippen molar-refractivity contribution in [3.63, 3.8) is 0 Å². The number of nitrogens with two attached hydrogens (primary N) is 1. The van der Waals surface area contributed by atoms with Gasteiger partial charge >= 0.3 is 0 Å². The van der Waals surface area contributed by atoms with Crippen molar-refractivity contribution in [3.8, 4) is 0 Å². The third-order valence-electron chi connectivity index (χ3n) is 2.29. The zero-order valence-electron chi connectivity index (χ0n) is 8.87. The minimum absolute atomic E-state index is 0.0464. The van der Waals surface area contributed by atoms with E-state index in [1.807, 2.05) is 32.9 Å². The van der Waals surface area contributed by atoms with Gasteiger partial charge in [-0.1, -0.05) is 6.92 Å². The molecule has 0 aromatic carbocycles. The fraction of sp³-hybridized carbons (Fsp3) is 0.500. The van der Waals surface area contributed by atoms with Gasteiger partial charge in [-0.3, -0.25) is 14.9 Å². The van der Waals surface area contributed by atoms with Crippen LogP contribution in [0.1, 0.15) is 18.3 Å². The summed E-state index contributed by atoms with van der Waals surface area (Å²) in [5.74, 6) is -0.203. The lowest BCUT2D eigenvalue weighted by atomic mass is 10.2. The lowest BCUT2D eigenvalue weighted by Crippen LogP contribution is -2.33. The lowest BCUT2D eigenvalue weighted by molar-refractivity contribution is -0.120. The van der Waals surface area contributed by atoms with Crippen LogP contribution in [-0.4, -0.2) is 17.1 Å². The van der Waals surface area contributed by atoms with Gasteiger partial charge in [-0.15, -0.1) is 0 Å². The van der Waals surface area contributed by atoms with E-state index in [9.17, 15) is 4.79 Å². The fourth-order valence-electron chi connectivity index (χ4n) is 1.17. The van der Waals surface area contributed by atoms with Crippen LogP contribution in [0.3, 0.4) is 0 Å². The Morgan fingerprint density at radius 3 is 2.43 bits per heavy atom. The molecule has 0 radical (unpaired) electrons. The molecule has 0 aliphatic rings. The second-order valence-corrected chi connectivity index (χ2v) is 3.56. The van der Waals surface area contributed by atoms with Crippen molar-refractivity contribution in [1.82, 2.24) is 4.68 Å². The Balaban J connectivity index is 2.74. The predicted molar refractivity (Wildman–Crippen MR) is 56.5 cm³/mol. The summed E-state index contributed by atoms with van der Waals surface area (Å²) in [7, 11) is 0. The minimum atomic E-state index is -0.156. The topological polar surface area (TPSA) is 60.0 Å². The Bertz CT molecular complexity index is 311. The lowest BCUT2D eigenvalue weighted by Gasteiger charge is -2.14. The highest BCUT2D eigenvalue weighted by atomic mass is 16.2. The first kappa shape index (κ1) is 10.8. The van der Waals surface area contributed by atoms with E-state index in [0.29, 0.717) is 6.54 Å². The van der Waals surface area contributed by atoms with Crippen LogP contribution < -0.4 is 11.2 Å². The summed E-state index contributed by atoms with van der Waals surface area (Å²) in [4.78, 5) is 11.5. The van der Waals surface area contributed by atoms with E-state index in [0.717, 1.165) is 11.4 Å². The molecule has 3 N–H and O–H groups in total. The molecule has 1 atom stereocenters. The van der Waals surface area contributed by atoms with Gasteiger partial charge in [-0.05, 0) is 26.0 Å². The Morgan fingerprint density at radius 2 is 2.00 bits per heavy atom.